The first-order valence-corrected chi connectivity index (χ1v) is 8.74. The van der Waals surface area contributed by atoms with Crippen LogP contribution in [0.4, 0.5) is 0 Å². The Morgan fingerprint density at radius 2 is 1.92 bits per heavy atom. The summed E-state index contributed by atoms with van der Waals surface area (Å²) in [4.78, 5) is 16.8. The van der Waals surface area contributed by atoms with Crippen LogP contribution < -0.4 is 0 Å². The molecule has 5 nitrogen and oxygen atoms in total. The number of hydrogen-bond acceptors (Lipinski definition) is 3. The summed E-state index contributed by atoms with van der Waals surface area (Å²) >= 11 is 12.1. The number of hydrogen-bond donors (Lipinski definition) is 0. The molecule has 0 spiro atoms. The van der Waals surface area contributed by atoms with Gasteiger partial charge in [0.1, 0.15) is 6.04 Å². The van der Waals surface area contributed by atoms with Gasteiger partial charge in [0.25, 0.3) is 0 Å². The number of halogens is 2. The van der Waals surface area contributed by atoms with E-state index in [0.717, 1.165) is 30.2 Å². The Morgan fingerprint density at radius 1 is 1.21 bits per heavy atom. The Balaban J connectivity index is 1.55. The highest BCUT2D eigenvalue weighted by atomic mass is 35.5. The van der Waals surface area contributed by atoms with Crippen molar-refractivity contribution in [3.8, 4) is 0 Å². The van der Waals surface area contributed by atoms with E-state index in [1.54, 1.807) is 17.1 Å². The standard InChI is InChI=1S/C17H20Cl2N4O/c1-13(23-12-15(18)10-20-23)17(24)22-8-6-21(7-9-22)11-14-4-2-3-5-16(14)19/h2-5,10,12-13H,6-9,11H2,1H3. The van der Waals surface area contributed by atoms with Gasteiger partial charge in [-0.05, 0) is 18.6 Å². The van der Waals surface area contributed by atoms with Gasteiger partial charge >= 0.3 is 0 Å². The molecule has 128 valence electrons. The summed E-state index contributed by atoms with van der Waals surface area (Å²) in [5, 5.41) is 5.46. The minimum atomic E-state index is -0.340. The van der Waals surface area contributed by atoms with Crippen LogP contribution in [0.15, 0.2) is 36.7 Å². The van der Waals surface area contributed by atoms with Crippen LogP contribution in [0.3, 0.4) is 0 Å². The van der Waals surface area contributed by atoms with Gasteiger partial charge in [-0.1, -0.05) is 41.4 Å². The minimum Gasteiger partial charge on any atom is -0.338 e. The lowest BCUT2D eigenvalue weighted by molar-refractivity contribution is -0.136. The molecule has 3 rings (SSSR count). The van der Waals surface area contributed by atoms with Crippen molar-refractivity contribution in [2.24, 2.45) is 0 Å². The Hall–Kier alpha value is -1.56. The molecular formula is C17H20Cl2N4O. The van der Waals surface area contributed by atoms with Gasteiger partial charge in [-0.25, -0.2) is 0 Å². The lowest BCUT2D eigenvalue weighted by Crippen LogP contribution is -2.50. The maximum Gasteiger partial charge on any atom is 0.247 e. The molecule has 1 aromatic carbocycles. The van der Waals surface area contributed by atoms with Gasteiger partial charge in [0.05, 0.1) is 11.2 Å². The molecule has 1 saturated heterocycles. The van der Waals surface area contributed by atoms with Crippen LogP contribution in [0.25, 0.3) is 0 Å². The van der Waals surface area contributed by atoms with Crippen LogP contribution in [-0.4, -0.2) is 51.7 Å². The molecule has 0 bridgehead atoms. The maximum atomic E-state index is 12.6. The summed E-state index contributed by atoms with van der Waals surface area (Å²) in [6, 6.07) is 7.55. The van der Waals surface area contributed by atoms with Gasteiger partial charge in [0.15, 0.2) is 0 Å². The van der Waals surface area contributed by atoms with Gasteiger partial charge in [-0.15, -0.1) is 0 Å². The SMILES string of the molecule is CC(C(=O)N1CCN(Cc2ccccc2Cl)CC1)n1cc(Cl)cn1. The third-order valence-corrected chi connectivity index (χ3v) is 4.92. The molecule has 1 aliphatic heterocycles. The van der Waals surface area contributed by atoms with E-state index in [2.05, 4.69) is 10.00 Å². The fourth-order valence-electron chi connectivity index (χ4n) is 2.90. The Bertz CT molecular complexity index is 710. The molecule has 1 atom stereocenters. The Morgan fingerprint density at radius 3 is 2.54 bits per heavy atom. The van der Waals surface area contributed by atoms with Crippen molar-refractivity contribution in [1.82, 2.24) is 19.6 Å². The quantitative estimate of drug-likeness (QED) is 0.834. The van der Waals surface area contributed by atoms with E-state index in [-0.39, 0.29) is 11.9 Å². The van der Waals surface area contributed by atoms with Crippen molar-refractivity contribution >= 4 is 29.1 Å². The molecule has 1 amide bonds. The van der Waals surface area contributed by atoms with E-state index in [4.69, 9.17) is 23.2 Å². The fourth-order valence-corrected chi connectivity index (χ4v) is 3.24. The van der Waals surface area contributed by atoms with Gasteiger partial charge in [-0.3, -0.25) is 14.4 Å². The molecule has 2 aromatic rings. The number of nitrogens with zero attached hydrogens (tertiary/aromatic N) is 4. The molecular weight excluding hydrogens is 347 g/mol. The number of benzene rings is 1. The highest BCUT2D eigenvalue weighted by Crippen LogP contribution is 2.19. The van der Waals surface area contributed by atoms with Crippen molar-refractivity contribution in [3.63, 3.8) is 0 Å². The average Bonchev–Trinajstić information content (AvgIpc) is 3.03. The predicted octanol–water partition coefficient (Wildman–Crippen LogP) is 3.10. The molecule has 1 aromatic heterocycles. The third kappa shape index (κ3) is 3.91. The van der Waals surface area contributed by atoms with Crippen LogP contribution in [0.5, 0.6) is 0 Å². The van der Waals surface area contributed by atoms with Crippen molar-refractivity contribution in [3.05, 3.63) is 52.3 Å². The van der Waals surface area contributed by atoms with Crippen molar-refractivity contribution in [2.75, 3.05) is 26.2 Å². The number of aromatic nitrogens is 2. The lowest BCUT2D eigenvalue weighted by Gasteiger charge is -2.36. The highest BCUT2D eigenvalue weighted by Gasteiger charge is 2.26. The summed E-state index contributed by atoms with van der Waals surface area (Å²) in [5.74, 6) is 0.0761. The molecule has 1 unspecified atom stereocenters. The number of rotatable bonds is 4. The minimum absolute atomic E-state index is 0.0761. The maximum absolute atomic E-state index is 12.6. The van der Waals surface area contributed by atoms with Gasteiger partial charge in [0.2, 0.25) is 5.91 Å². The third-order valence-electron chi connectivity index (χ3n) is 4.36. The molecule has 7 heteroatoms. The molecule has 24 heavy (non-hydrogen) atoms. The lowest BCUT2D eigenvalue weighted by atomic mass is 10.2. The van der Waals surface area contributed by atoms with E-state index < -0.39 is 0 Å². The molecule has 0 saturated carbocycles. The van der Waals surface area contributed by atoms with Crippen LogP contribution in [0.1, 0.15) is 18.5 Å². The van der Waals surface area contributed by atoms with Gasteiger partial charge in [0, 0.05) is 43.9 Å². The van der Waals surface area contributed by atoms with Gasteiger partial charge < -0.3 is 4.90 Å². The fraction of sp³-hybridized carbons (Fsp3) is 0.412. The zero-order valence-corrected chi connectivity index (χ0v) is 15.0. The monoisotopic (exact) mass is 366 g/mol. The molecule has 0 N–H and O–H groups in total. The summed E-state index contributed by atoms with van der Waals surface area (Å²) in [6.07, 6.45) is 3.23. The molecule has 1 fully saturated rings. The Kier molecular flexibility index (Phi) is 5.43. The largest absolute Gasteiger partial charge is 0.338 e. The second kappa shape index (κ2) is 7.55. The van der Waals surface area contributed by atoms with E-state index in [1.165, 1.54) is 0 Å². The van der Waals surface area contributed by atoms with Crippen molar-refractivity contribution < 1.29 is 4.79 Å². The van der Waals surface area contributed by atoms with Crippen molar-refractivity contribution in [2.45, 2.75) is 19.5 Å². The van der Waals surface area contributed by atoms with Crippen LogP contribution in [-0.2, 0) is 11.3 Å². The first kappa shape index (κ1) is 17.3. The summed E-state index contributed by atoms with van der Waals surface area (Å²) < 4.78 is 1.61. The zero-order valence-electron chi connectivity index (χ0n) is 13.5. The van der Waals surface area contributed by atoms with E-state index in [0.29, 0.717) is 18.1 Å². The van der Waals surface area contributed by atoms with Gasteiger partial charge in [-0.2, -0.15) is 5.10 Å². The van der Waals surface area contributed by atoms with Crippen LogP contribution in [0.2, 0.25) is 10.0 Å². The van der Waals surface area contributed by atoms with Crippen molar-refractivity contribution in [1.29, 1.82) is 0 Å². The number of piperazine rings is 1. The Labute approximate surface area is 151 Å². The topological polar surface area (TPSA) is 41.4 Å². The first-order chi connectivity index (χ1) is 11.5. The summed E-state index contributed by atoms with van der Waals surface area (Å²) in [7, 11) is 0. The molecule has 2 heterocycles. The second-order valence-electron chi connectivity index (χ2n) is 6.01. The summed E-state index contributed by atoms with van der Waals surface area (Å²) in [5.41, 5.74) is 1.12. The molecule has 0 radical (unpaired) electrons. The van der Waals surface area contributed by atoms with Crippen LogP contribution >= 0.6 is 23.2 Å². The number of amides is 1. The highest BCUT2D eigenvalue weighted by molar-refractivity contribution is 6.31. The number of carbonyl (C=O) groups excluding carboxylic acids is 1. The molecule has 0 aliphatic carbocycles. The smallest absolute Gasteiger partial charge is 0.247 e. The first-order valence-electron chi connectivity index (χ1n) is 7.99. The number of carbonyl (C=O) groups is 1. The molecule has 1 aliphatic rings. The van der Waals surface area contributed by atoms with Crippen LogP contribution in [0, 0.1) is 0 Å². The summed E-state index contributed by atoms with van der Waals surface area (Å²) in [6.45, 7) is 5.76. The second-order valence-corrected chi connectivity index (χ2v) is 6.85. The normalized spacial score (nSPS) is 17.0. The van der Waals surface area contributed by atoms with E-state index in [1.807, 2.05) is 36.1 Å². The predicted molar refractivity (Wildman–Crippen MR) is 95.3 cm³/mol. The van der Waals surface area contributed by atoms with E-state index in [9.17, 15) is 4.79 Å². The van der Waals surface area contributed by atoms with E-state index >= 15 is 0 Å². The zero-order chi connectivity index (χ0) is 17.1. The average molecular weight is 367 g/mol.